The van der Waals surface area contributed by atoms with E-state index in [4.69, 9.17) is 4.74 Å². The lowest BCUT2D eigenvalue weighted by Gasteiger charge is -2.22. The second-order valence-corrected chi connectivity index (χ2v) is 9.74. The molecule has 1 amide bonds. The Labute approximate surface area is 206 Å². The zero-order valence-corrected chi connectivity index (χ0v) is 21.1. The lowest BCUT2D eigenvalue weighted by atomic mass is 10.1. The molecule has 0 radical (unpaired) electrons. The number of nitrogens with zero attached hydrogens (tertiary/aromatic N) is 4. The molecule has 1 N–H and O–H groups in total. The number of benzene rings is 1. The van der Waals surface area contributed by atoms with Gasteiger partial charge in [-0.3, -0.25) is 4.79 Å². The molecule has 4 rings (SSSR count). The quantitative estimate of drug-likeness (QED) is 0.500. The van der Waals surface area contributed by atoms with E-state index in [1.807, 2.05) is 56.2 Å². The molecule has 1 aliphatic heterocycles. The van der Waals surface area contributed by atoms with Crippen molar-refractivity contribution in [3.63, 3.8) is 0 Å². The van der Waals surface area contributed by atoms with Crippen molar-refractivity contribution in [2.24, 2.45) is 0 Å². The molecule has 0 spiro atoms. The number of fused-ring (bicyclic) bond motifs is 1. The van der Waals surface area contributed by atoms with Crippen LogP contribution in [0.1, 0.15) is 33.3 Å². The molecule has 1 atom stereocenters. The number of likely N-dealkylation sites (N-methyl/N-ethyl adjacent to an activating group) is 1. The van der Waals surface area contributed by atoms with Crippen LogP contribution in [-0.2, 0) is 6.54 Å². The number of carbonyl (C=O) groups excluding carboxylic acids is 1. The van der Waals surface area contributed by atoms with Crippen molar-refractivity contribution < 1.29 is 9.53 Å². The van der Waals surface area contributed by atoms with Crippen molar-refractivity contribution in [1.82, 2.24) is 15.2 Å². The van der Waals surface area contributed by atoms with Gasteiger partial charge in [-0.1, -0.05) is 18.2 Å². The fraction of sp³-hybridized carbons (Fsp3) is 0.385. The molecule has 34 heavy (non-hydrogen) atoms. The highest BCUT2D eigenvalue weighted by Gasteiger charge is 2.26. The van der Waals surface area contributed by atoms with Crippen LogP contribution in [0.5, 0.6) is 5.75 Å². The first-order valence-corrected chi connectivity index (χ1v) is 12.5. The van der Waals surface area contributed by atoms with Crippen LogP contribution in [0, 0.1) is 0 Å². The van der Waals surface area contributed by atoms with E-state index in [0.717, 1.165) is 42.3 Å². The summed E-state index contributed by atoms with van der Waals surface area (Å²) >= 11 is 1.72. The number of amides is 1. The summed E-state index contributed by atoms with van der Waals surface area (Å²) in [5.74, 6) is 1.70. The highest BCUT2D eigenvalue weighted by atomic mass is 32.1. The zero-order valence-electron chi connectivity index (χ0n) is 20.3. The normalized spacial score (nSPS) is 14.5. The van der Waals surface area contributed by atoms with Gasteiger partial charge in [0.1, 0.15) is 17.7 Å². The molecule has 7 nitrogen and oxygen atoms in total. The first-order chi connectivity index (χ1) is 16.5. The van der Waals surface area contributed by atoms with Crippen LogP contribution in [-0.4, -0.2) is 63.6 Å². The Balaban J connectivity index is 1.46. The number of nitrogens with one attached hydrogen (secondary N) is 1. The largest absolute Gasteiger partial charge is 0.485 e. The molecular weight excluding hydrogens is 446 g/mol. The molecule has 0 fully saturated rings. The number of aromatic nitrogens is 1. The van der Waals surface area contributed by atoms with Gasteiger partial charge in [-0.05, 0) is 42.7 Å². The maximum atomic E-state index is 13.3. The molecular formula is C26H33N5O2S. The third-order valence-corrected chi connectivity index (χ3v) is 7.02. The van der Waals surface area contributed by atoms with E-state index in [1.165, 1.54) is 4.88 Å². The Morgan fingerprint density at radius 2 is 2.00 bits per heavy atom. The van der Waals surface area contributed by atoms with E-state index in [9.17, 15) is 4.79 Å². The van der Waals surface area contributed by atoms with Gasteiger partial charge in [-0.25, -0.2) is 4.98 Å². The summed E-state index contributed by atoms with van der Waals surface area (Å²) in [5.41, 5.74) is 2.65. The second kappa shape index (κ2) is 10.9. The Kier molecular flexibility index (Phi) is 7.70. The van der Waals surface area contributed by atoms with Gasteiger partial charge in [0.2, 0.25) is 0 Å². The average Bonchev–Trinajstić information content (AvgIpc) is 3.35. The van der Waals surface area contributed by atoms with E-state index < -0.39 is 0 Å². The second-order valence-electron chi connectivity index (χ2n) is 8.76. The molecule has 8 heteroatoms. The molecule has 0 saturated carbocycles. The standard InChI is InChI=1S/C26H33N5O2S/c1-27-12-11-23(24-6-5-15-34-24)33-20-9-7-19(8-10-20)18-31-14-13-30(4)22-16-25(29(2)3)28-17-21(22)26(31)32/h5-10,15-17,23,27H,11-14,18H2,1-4H3. The summed E-state index contributed by atoms with van der Waals surface area (Å²) in [6.45, 7) is 2.86. The number of pyridine rings is 1. The van der Waals surface area contributed by atoms with Gasteiger partial charge in [0, 0.05) is 64.3 Å². The average molecular weight is 480 g/mol. The number of carbonyl (C=O) groups is 1. The predicted molar refractivity (Wildman–Crippen MR) is 139 cm³/mol. The van der Waals surface area contributed by atoms with Crippen LogP contribution in [0.25, 0.3) is 0 Å². The molecule has 0 bridgehead atoms. The van der Waals surface area contributed by atoms with Crippen LogP contribution in [0.4, 0.5) is 11.5 Å². The summed E-state index contributed by atoms with van der Waals surface area (Å²) in [7, 11) is 7.89. The maximum Gasteiger partial charge on any atom is 0.257 e. The molecule has 2 aromatic heterocycles. The van der Waals surface area contributed by atoms with Gasteiger partial charge < -0.3 is 24.8 Å². The van der Waals surface area contributed by atoms with Crippen molar-refractivity contribution in [3.05, 3.63) is 70.0 Å². The summed E-state index contributed by atoms with van der Waals surface area (Å²) in [5, 5.41) is 5.29. The van der Waals surface area contributed by atoms with E-state index >= 15 is 0 Å². The number of anilines is 2. The lowest BCUT2D eigenvalue weighted by Crippen LogP contribution is -2.33. The van der Waals surface area contributed by atoms with Crippen LogP contribution in [0.2, 0.25) is 0 Å². The molecule has 1 aromatic carbocycles. The van der Waals surface area contributed by atoms with Crippen LogP contribution < -0.4 is 19.9 Å². The number of thiophene rings is 1. The minimum Gasteiger partial charge on any atom is -0.485 e. The molecule has 1 aliphatic rings. The molecule has 3 heterocycles. The minimum atomic E-state index is 0.0160. The van der Waals surface area contributed by atoms with E-state index in [1.54, 1.807) is 17.5 Å². The Bertz CT molecular complexity index is 1090. The maximum absolute atomic E-state index is 13.3. The molecule has 180 valence electrons. The molecule has 0 saturated heterocycles. The van der Waals surface area contributed by atoms with Crippen LogP contribution in [0.3, 0.4) is 0 Å². The molecule has 0 aliphatic carbocycles. The highest BCUT2D eigenvalue weighted by Crippen LogP contribution is 2.30. The third-order valence-electron chi connectivity index (χ3n) is 6.05. The van der Waals surface area contributed by atoms with Crippen molar-refractivity contribution in [1.29, 1.82) is 0 Å². The first kappa shape index (κ1) is 24.0. The molecule has 1 unspecified atom stereocenters. The zero-order chi connectivity index (χ0) is 24.1. The van der Waals surface area contributed by atoms with Crippen molar-refractivity contribution in [2.75, 3.05) is 57.6 Å². The fourth-order valence-corrected chi connectivity index (χ4v) is 4.83. The lowest BCUT2D eigenvalue weighted by molar-refractivity contribution is 0.0754. The summed E-state index contributed by atoms with van der Waals surface area (Å²) < 4.78 is 6.31. The fourth-order valence-electron chi connectivity index (χ4n) is 4.04. The van der Waals surface area contributed by atoms with Crippen molar-refractivity contribution >= 4 is 28.7 Å². The first-order valence-electron chi connectivity index (χ1n) is 11.6. The summed E-state index contributed by atoms with van der Waals surface area (Å²) in [6.07, 6.45) is 2.63. The monoisotopic (exact) mass is 479 g/mol. The van der Waals surface area contributed by atoms with Gasteiger partial charge in [-0.2, -0.15) is 0 Å². The van der Waals surface area contributed by atoms with Crippen molar-refractivity contribution in [2.45, 2.75) is 19.1 Å². The van der Waals surface area contributed by atoms with Crippen molar-refractivity contribution in [3.8, 4) is 5.75 Å². The summed E-state index contributed by atoms with van der Waals surface area (Å²) in [4.78, 5) is 25.0. The number of rotatable bonds is 9. The smallest absolute Gasteiger partial charge is 0.257 e. The molecule has 3 aromatic rings. The number of hydrogen-bond acceptors (Lipinski definition) is 7. The topological polar surface area (TPSA) is 60.9 Å². The van der Waals surface area contributed by atoms with Gasteiger partial charge in [0.05, 0.1) is 11.3 Å². The van der Waals surface area contributed by atoms with Gasteiger partial charge >= 0.3 is 0 Å². The minimum absolute atomic E-state index is 0.0160. The Morgan fingerprint density at radius 3 is 2.68 bits per heavy atom. The van der Waals surface area contributed by atoms with Crippen LogP contribution in [0.15, 0.2) is 54.0 Å². The van der Waals surface area contributed by atoms with E-state index in [-0.39, 0.29) is 12.0 Å². The third kappa shape index (κ3) is 5.51. The van der Waals surface area contributed by atoms with E-state index in [2.05, 4.69) is 44.8 Å². The number of hydrogen-bond donors (Lipinski definition) is 1. The number of ether oxygens (including phenoxy) is 1. The van der Waals surface area contributed by atoms with Crippen LogP contribution >= 0.6 is 11.3 Å². The highest BCUT2D eigenvalue weighted by molar-refractivity contribution is 7.10. The Hall–Kier alpha value is -3.10. The Morgan fingerprint density at radius 1 is 1.21 bits per heavy atom. The summed E-state index contributed by atoms with van der Waals surface area (Å²) in [6, 6.07) is 14.3. The van der Waals surface area contributed by atoms with Gasteiger partial charge in [0.25, 0.3) is 5.91 Å². The van der Waals surface area contributed by atoms with E-state index in [0.29, 0.717) is 18.7 Å². The SMILES string of the molecule is CNCCC(Oc1ccc(CN2CCN(C)c3cc(N(C)C)ncc3C2=O)cc1)c1cccs1. The predicted octanol–water partition coefficient (Wildman–Crippen LogP) is 4.03. The van der Waals surface area contributed by atoms with Gasteiger partial charge in [0.15, 0.2) is 0 Å². The van der Waals surface area contributed by atoms with Gasteiger partial charge in [-0.15, -0.1) is 11.3 Å².